The molecule has 2 aromatic carbocycles. The third kappa shape index (κ3) is 10.8. The number of carbonyl (C=O) groups excluding carboxylic acids is 2. The summed E-state index contributed by atoms with van der Waals surface area (Å²) < 4.78 is 11.2. The second-order valence-electron chi connectivity index (χ2n) is 12.8. The third-order valence-corrected chi connectivity index (χ3v) is 10.4. The van der Waals surface area contributed by atoms with Gasteiger partial charge >= 0.3 is 6.09 Å². The number of para-hydroxylation sites is 1. The SMILES string of the molecule is CCOC(=O)NCCN(CCCSc1ccc(Cl)c(CNC2(c3cnccc3-c3ccccc3OC3CC3)CC2)c1)C(=O)C(O)CCCCO. The first-order valence-electron chi connectivity index (χ1n) is 17.7. The smallest absolute Gasteiger partial charge is 0.407 e. The maximum absolute atomic E-state index is 13.0. The number of halogens is 1. The number of aliphatic hydroxyl groups excluding tert-OH is 2. The number of alkyl carbamates (subject to hydrolysis) is 1. The molecule has 4 N–H and O–H groups in total. The molecular formula is C38H49ClN4O6S. The van der Waals surface area contributed by atoms with E-state index in [2.05, 4.69) is 45.9 Å². The number of pyridine rings is 1. The van der Waals surface area contributed by atoms with Gasteiger partial charge in [-0.15, -0.1) is 11.8 Å². The van der Waals surface area contributed by atoms with E-state index in [4.69, 9.17) is 26.2 Å². The number of carbonyl (C=O) groups is 2. The van der Waals surface area contributed by atoms with Gasteiger partial charge in [-0.25, -0.2) is 4.79 Å². The molecule has 12 heteroatoms. The van der Waals surface area contributed by atoms with Crippen molar-refractivity contribution in [2.45, 2.75) is 87.5 Å². The molecule has 50 heavy (non-hydrogen) atoms. The third-order valence-electron chi connectivity index (χ3n) is 8.97. The first-order valence-corrected chi connectivity index (χ1v) is 19.0. The molecule has 2 saturated carbocycles. The van der Waals surface area contributed by atoms with Crippen LogP contribution >= 0.6 is 23.4 Å². The Morgan fingerprint density at radius 1 is 1.10 bits per heavy atom. The Bertz CT molecular complexity index is 1570. The minimum absolute atomic E-state index is 0.0191. The fourth-order valence-corrected chi connectivity index (χ4v) is 6.99. The van der Waals surface area contributed by atoms with Crippen LogP contribution in [-0.4, -0.2) is 82.9 Å². The molecule has 0 saturated heterocycles. The number of aromatic nitrogens is 1. The molecule has 0 aliphatic heterocycles. The molecule has 0 spiro atoms. The average Bonchev–Trinajstić information content (AvgIpc) is 4.07. The van der Waals surface area contributed by atoms with Crippen LogP contribution < -0.4 is 15.4 Å². The van der Waals surface area contributed by atoms with E-state index in [9.17, 15) is 14.7 Å². The molecule has 270 valence electrons. The Balaban J connectivity index is 1.17. The summed E-state index contributed by atoms with van der Waals surface area (Å²) in [5.41, 5.74) is 4.22. The first-order chi connectivity index (χ1) is 24.3. The minimum atomic E-state index is -1.15. The van der Waals surface area contributed by atoms with E-state index >= 15 is 0 Å². The molecule has 10 nitrogen and oxygen atoms in total. The van der Waals surface area contributed by atoms with Crippen LogP contribution in [0.2, 0.25) is 5.02 Å². The molecule has 3 aromatic rings. The second kappa shape index (κ2) is 18.8. The standard InChI is InChI=1S/C38H49ClN4O6S/c1-2-48-37(47)41-19-21-43(36(46)34(45)9-5-6-22-44)20-7-23-50-29-13-14-33(39)27(24-29)25-42-38(16-17-38)32-26-40-18-15-30(32)31-8-3-4-10-35(31)49-28-11-12-28/h3-4,8,10,13-15,18,24,26,28,34,42,44-45H,2,5-7,9,11-12,16-17,19-23,25H2,1H3,(H,41,47). The van der Waals surface area contributed by atoms with E-state index < -0.39 is 12.2 Å². The van der Waals surface area contributed by atoms with E-state index in [-0.39, 0.29) is 44.2 Å². The predicted octanol–water partition coefficient (Wildman–Crippen LogP) is 6.30. The van der Waals surface area contributed by atoms with Crippen LogP contribution in [0, 0.1) is 0 Å². The molecule has 1 heterocycles. The van der Waals surface area contributed by atoms with E-state index in [0.29, 0.717) is 43.5 Å². The van der Waals surface area contributed by atoms with Crippen molar-refractivity contribution in [2.75, 3.05) is 38.6 Å². The van der Waals surface area contributed by atoms with Crippen LogP contribution in [0.5, 0.6) is 5.75 Å². The van der Waals surface area contributed by atoms with Crippen molar-refractivity contribution < 1.29 is 29.3 Å². The summed E-state index contributed by atoms with van der Waals surface area (Å²) in [5.74, 6) is 1.29. The number of unbranched alkanes of at least 4 members (excludes halogenated alkanes) is 1. The number of rotatable bonds is 21. The van der Waals surface area contributed by atoms with Crippen molar-refractivity contribution in [2.24, 2.45) is 0 Å². The number of ether oxygens (including phenoxy) is 2. The summed E-state index contributed by atoms with van der Waals surface area (Å²) in [6, 6.07) is 16.4. The van der Waals surface area contributed by atoms with Gasteiger partial charge in [0.1, 0.15) is 11.9 Å². The largest absolute Gasteiger partial charge is 0.490 e. The highest BCUT2D eigenvalue weighted by Gasteiger charge is 2.46. The van der Waals surface area contributed by atoms with Gasteiger partial charge in [-0.05, 0) is 111 Å². The van der Waals surface area contributed by atoms with Crippen LogP contribution in [0.3, 0.4) is 0 Å². The van der Waals surface area contributed by atoms with Gasteiger partial charge in [0.05, 0.1) is 12.7 Å². The molecule has 2 amide bonds. The molecule has 1 aromatic heterocycles. The first kappa shape index (κ1) is 37.9. The van der Waals surface area contributed by atoms with Gasteiger partial charge in [-0.2, -0.15) is 0 Å². The number of benzene rings is 2. The number of thioether (sulfide) groups is 1. The average molecular weight is 725 g/mol. The molecule has 2 aliphatic carbocycles. The summed E-state index contributed by atoms with van der Waals surface area (Å²) >= 11 is 8.38. The second-order valence-corrected chi connectivity index (χ2v) is 14.4. The van der Waals surface area contributed by atoms with Gasteiger partial charge in [0, 0.05) is 66.2 Å². The number of nitrogens with zero attached hydrogens (tertiary/aromatic N) is 2. The van der Waals surface area contributed by atoms with E-state index in [1.165, 1.54) is 5.56 Å². The molecule has 2 aliphatic rings. The fourth-order valence-electron chi connectivity index (χ4n) is 5.91. The van der Waals surface area contributed by atoms with Gasteiger partial charge < -0.3 is 35.2 Å². The molecule has 0 bridgehead atoms. The van der Waals surface area contributed by atoms with Crippen LogP contribution in [0.1, 0.15) is 69.4 Å². The fraction of sp³-hybridized carbons (Fsp3) is 0.500. The van der Waals surface area contributed by atoms with Crippen LogP contribution in [0.4, 0.5) is 4.79 Å². The number of amides is 2. The molecule has 1 unspecified atom stereocenters. The molecule has 5 rings (SSSR count). The van der Waals surface area contributed by atoms with Gasteiger partial charge in [-0.1, -0.05) is 29.8 Å². The van der Waals surface area contributed by atoms with Gasteiger partial charge in [0.2, 0.25) is 0 Å². The zero-order valence-electron chi connectivity index (χ0n) is 28.7. The van der Waals surface area contributed by atoms with Crippen molar-refractivity contribution in [1.82, 2.24) is 20.5 Å². The Kier molecular flexibility index (Phi) is 14.2. The van der Waals surface area contributed by atoms with E-state index in [0.717, 1.165) is 58.8 Å². The summed E-state index contributed by atoms with van der Waals surface area (Å²) in [7, 11) is 0. The number of nitrogens with one attached hydrogen (secondary N) is 2. The van der Waals surface area contributed by atoms with Crippen molar-refractivity contribution in [1.29, 1.82) is 0 Å². The lowest BCUT2D eigenvalue weighted by molar-refractivity contribution is -0.140. The van der Waals surface area contributed by atoms with Crippen LogP contribution in [0.25, 0.3) is 11.1 Å². The number of hydrogen-bond donors (Lipinski definition) is 4. The molecular weight excluding hydrogens is 676 g/mol. The van der Waals surface area contributed by atoms with Crippen molar-refractivity contribution in [3.63, 3.8) is 0 Å². The maximum atomic E-state index is 13.0. The lowest BCUT2D eigenvalue weighted by atomic mass is 9.94. The van der Waals surface area contributed by atoms with E-state index in [1.54, 1.807) is 23.6 Å². The topological polar surface area (TPSA) is 133 Å². The lowest BCUT2D eigenvalue weighted by Crippen LogP contribution is -2.44. The molecule has 2 fully saturated rings. The highest BCUT2D eigenvalue weighted by atomic mass is 35.5. The zero-order chi connectivity index (χ0) is 35.3. The molecule has 0 radical (unpaired) electrons. The predicted molar refractivity (Wildman–Crippen MR) is 196 cm³/mol. The van der Waals surface area contributed by atoms with Crippen LogP contribution in [-0.2, 0) is 21.6 Å². The Labute approximate surface area is 304 Å². The summed E-state index contributed by atoms with van der Waals surface area (Å²) in [6.07, 6.45) is 8.71. The van der Waals surface area contributed by atoms with Gasteiger partial charge in [0.25, 0.3) is 5.91 Å². The van der Waals surface area contributed by atoms with E-state index in [1.807, 2.05) is 30.6 Å². The Hall–Kier alpha value is -3.35. The summed E-state index contributed by atoms with van der Waals surface area (Å²) in [4.78, 5) is 31.9. The van der Waals surface area contributed by atoms with Crippen LogP contribution in [0.15, 0.2) is 65.8 Å². The maximum Gasteiger partial charge on any atom is 0.407 e. The van der Waals surface area contributed by atoms with Gasteiger partial charge in [0.15, 0.2) is 0 Å². The quantitative estimate of drug-likeness (QED) is 0.0738. The number of hydrogen-bond acceptors (Lipinski definition) is 9. The zero-order valence-corrected chi connectivity index (χ0v) is 30.3. The summed E-state index contributed by atoms with van der Waals surface area (Å²) in [5, 5.41) is 26.7. The van der Waals surface area contributed by atoms with Crippen molar-refractivity contribution in [3.8, 4) is 16.9 Å². The van der Waals surface area contributed by atoms with Crippen molar-refractivity contribution >= 4 is 35.4 Å². The normalized spacial score (nSPS) is 15.3. The highest BCUT2D eigenvalue weighted by molar-refractivity contribution is 7.99. The molecule has 1 atom stereocenters. The monoisotopic (exact) mass is 724 g/mol. The Morgan fingerprint density at radius 3 is 2.68 bits per heavy atom. The Morgan fingerprint density at radius 2 is 1.92 bits per heavy atom. The van der Waals surface area contributed by atoms with Crippen molar-refractivity contribution in [3.05, 3.63) is 77.1 Å². The minimum Gasteiger partial charge on any atom is -0.490 e. The lowest BCUT2D eigenvalue weighted by Gasteiger charge is -2.25. The summed E-state index contributed by atoms with van der Waals surface area (Å²) in [6.45, 7) is 3.52. The van der Waals surface area contributed by atoms with Gasteiger partial charge in [-0.3, -0.25) is 9.78 Å². The number of aliphatic hydroxyl groups is 2. The highest BCUT2D eigenvalue weighted by Crippen LogP contribution is 2.50.